The van der Waals surface area contributed by atoms with Crippen molar-refractivity contribution in [1.82, 2.24) is 14.9 Å². The van der Waals surface area contributed by atoms with Gasteiger partial charge >= 0.3 is 5.97 Å². The minimum absolute atomic E-state index is 0.0266. The Morgan fingerprint density at radius 1 is 1.50 bits per heavy atom. The van der Waals surface area contributed by atoms with Gasteiger partial charge in [0.25, 0.3) is 0 Å². The molecular formula is C14H14N4O2. The highest BCUT2D eigenvalue weighted by Gasteiger charge is 2.43. The van der Waals surface area contributed by atoms with Crippen LogP contribution in [0.2, 0.25) is 0 Å². The second kappa shape index (κ2) is 4.62. The van der Waals surface area contributed by atoms with E-state index in [-0.39, 0.29) is 12.8 Å². The summed E-state index contributed by atoms with van der Waals surface area (Å²) in [5, 5.41) is 21.3. The monoisotopic (exact) mass is 270 g/mol. The number of fused-ring (bicyclic) bond motifs is 1. The highest BCUT2D eigenvalue weighted by molar-refractivity contribution is 5.77. The number of carboxylic acids is 1. The highest BCUT2D eigenvalue weighted by Crippen LogP contribution is 2.32. The fraction of sp³-hybridized carbons (Fsp3) is 0.357. The molecule has 6 nitrogen and oxygen atoms in total. The zero-order valence-corrected chi connectivity index (χ0v) is 10.8. The Bertz CT molecular complexity index is 710. The number of aromatic nitrogens is 2. The van der Waals surface area contributed by atoms with E-state index in [1.54, 1.807) is 0 Å². The molecule has 1 aromatic carbocycles. The van der Waals surface area contributed by atoms with Gasteiger partial charge in [-0.05, 0) is 12.1 Å². The lowest BCUT2D eigenvalue weighted by molar-refractivity contribution is -0.140. The predicted octanol–water partition coefficient (Wildman–Crippen LogP) is 0.876. The van der Waals surface area contributed by atoms with Crippen LogP contribution in [-0.2, 0) is 16.8 Å². The van der Waals surface area contributed by atoms with Gasteiger partial charge in [-0.25, -0.2) is 4.98 Å². The number of hydrogen-bond donors (Lipinski definition) is 2. The molecule has 0 atom stereocenters. The first-order chi connectivity index (χ1) is 9.66. The van der Waals surface area contributed by atoms with Crippen LogP contribution in [0.25, 0.3) is 11.0 Å². The average Bonchev–Trinajstić information content (AvgIpc) is 2.72. The number of nitrogens with zero attached hydrogens (tertiary/aromatic N) is 3. The lowest BCUT2D eigenvalue weighted by atomic mass is 9.87. The summed E-state index contributed by atoms with van der Waals surface area (Å²) >= 11 is 0. The third kappa shape index (κ3) is 1.84. The van der Waals surface area contributed by atoms with Crippen LogP contribution in [0.1, 0.15) is 12.2 Å². The summed E-state index contributed by atoms with van der Waals surface area (Å²) in [5.41, 5.74) is 1.17. The topological polar surface area (TPSA) is 90.9 Å². The summed E-state index contributed by atoms with van der Waals surface area (Å²) in [4.78, 5) is 15.7. The smallest absolute Gasteiger partial charge is 0.305 e. The van der Waals surface area contributed by atoms with E-state index in [9.17, 15) is 9.90 Å². The summed E-state index contributed by atoms with van der Waals surface area (Å²) < 4.78 is 1.94. The molecule has 0 saturated carbocycles. The summed E-state index contributed by atoms with van der Waals surface area (Å²) in [6.07, 6.45) is 0.203. The molecule has 2 N–H and O–H groups in total. The van der Waals surface area contributed by atoms with Gasteiger partial charge in [-0.1, -0.05) is 12.1 Å². The van der Waals surface area contributed by atoms with Crippen LogP contribution in [0, 0.1) is 11.3 Å². The Kier molecular flexibility index (Phi) is 2.92. The molecule has 2 aromatic rings. The van der Waals surface area contributed by atoms with Crippen molar-refractivity contribution in [3.8, 4) is 6.07 Å². The molecule has 0 amide bonds. The highest BCUT2D eigenvalue weighted by atomic mass is 16.4. The second-order valence-electron chi connectivity index (χ2n) is 5.09. The van der Waals surface area contributed by atoms with Crippen molar-refractivity contribution in [3.05, 3.63) is 30.1 Å². The number of rotatable bonds is 4. The van der Waals surface area contributed by atoms with E-state index in [1.165, 1.54) is 0 Å². The molecule has 0 aliphatic carbocycles. The first-order valence-corrected chi connectivity index (χ1v) is 6.43. The van der Waals surface area contributed by atoms with E-state index in [0.29, 0.717) is 18.9 Å². The van der Waals surface area contributed by atoms with Crippen molar-refractivity contribution < 1.29 is 9.90 Å². The molecule has 3 rings (SSSR count). The minimum atomic E-state index is -0.841. The van der Waals surface area contributed by atoms with Crippen molar-refractivity contribution >= 4 is 17.0 Å². The Hall–Kier alpha value is -2.39. The maximum atomic E-state index is 11.2. The van der Waals surface area contributed by atoms with Gasteiger partial charge in [-0.2, -0.15) is 5.26 Å². The standard InChI is InChI=1S/C14H14N4O2/c15-6-5-12-17-10-3-1-2-4-11(10)18(12)14(7-13(19)20)8-16-9-14/h1-4,16H,5,7-9H2,(H,19,20). The maximum absolute atomic E-state index is 11.2. The van der Waals surface area contributed by atoms with E-state index < -0.39 is 11.5 Å². The molecule has 20 heavy (non-hydrogen) atoms. The lowest BCUT2D eigenvalue weighted by Gasteiger charge is -2.44. The van der Waals surface area contributed by atoms with Gasteiger partial charge in [0.1, 0.15) is 5.82 Å². The maximum Gasteiger partial charge on any atom is 0.305 e. The quantitative estimate of drug-likeness (QED) is 0.860. The summed E-state index contributed by atoms with van der Waals surface area (Å²) in [5.74, 6) is -0.205. The van der Waals surface area contributed by atoms with Crippen LogP contribution in [-0.4, -0.2) is 33.7 Å². The van der Waals surface area contributed by atoms with Gasteiger partial charge in [0.05, 0.1) is 35.5 Å². The van der Waals surface area contributed by atoms with Crippen LogP contribution in [0.15, 0.2) is 24.3 Å². The van der Waals surface area contributed by atoms with E-state index in [0.717, 1.165) is 11.0 Å². The molecule has 1 fully saturated rings. The molecular weight excluding hydrogens is 256 g/mol. The van der Waals surface area contributed by atoms with Gasteiger partial charge in [0.15, 0.2) is 0 Å². The van der Waals surface area contributed by atoms with Crippen molar-refractivity contribution in [3.63, 3.8) is 0 Å². The molecule has 102 valence electrons. The number of carbonyl (C=O) groups is 1. The minimum Gasteiger partial charge on any atom is -0.481 e. The third-order valence-corrected chi connectivity index (χ3v) is 3.73. The molecule has 0 spiro atoms. The van der Waals surface area contributed by atoms with E-state index in [4.69, 9.17) is 5.26 Å². The lowest BCUT2D eigenvalue weighted by Crippen LogP contribution is -2.61. The third-order valence-electron chi connectivity index (χ3n) is 3.73. The number of para-hydroxylation sites is 2. The number of hydrogen-bond acceptors (Lipinski definition) is 4. The van der Waals surface area contributed by atoms with E-state index in [2.05, 4.69) is 16.4 Å². The zero-order chi connectivity index (χ0) is 14.2. The first kappa shape index (κ1) is 12.6. The number of aliphatic carboxylic acids is 1. The molecule has 2 heterocycles. The van der Waals surface area contributed by atoms with Crippen molar-refractivity contribution in [1.29, 1.82) is 5.26 Å². The molecule has 6 heteroatoms. The van der Waals surface area contributed by atoms with Gasteiger partial charge in [0.2, 0.25) is 0 Å². The van der Waals surface area contributed by atoms with Crippen molar-refractivity contribution in [2.75, 3.05) is 13.1 Å². The molecule has 1 aliphatic heterocycles. The molecule has 0 unspecified atom stereocenters. The van der Waals surface area contributed by atoms with Crippen LogP contribution in [0.5, 0.6) is 0 Å². The van der Waals surface area contributed by atoms with Crippen LogP contribution in [0.4, 0.5) is 0 Å². The van der Waals surface area contributed by atoms with Crippen LogP contribution >= 0.6 is 0 Å². The molecule has 1 aliphatic rings. The molecule has 0 bridgehead atoms. The average molecular weight is 270 g/mol. The normalized spacial score (nSPS) is 16.6. The molecule has 1 aromatic heterocycles. The Labute approximate surface area is 115 Å². The van der Waals surface area contributed by atoms with Crippen LogP contribution in [0.3, 0.4) is 0 Å². The van der Waals surface area contributed by atoms with Crippen molar-refractivity contribution in [2.24, 2.45) is 0 Å². The molecule has 1 saturated heterocycles. The predicted molar refractivity (Wildman–Crippen MR) is 72.1 cm³/mol. The summed E-state index contributed by atoms with van der Waals surface area (Å²) in [7, 11) is 0. The zero-order valence-electron chi connectivity index (χ0n) is 10.8. The number of nitriles is 1. The van der Waals surface area contributed by atoms with Gasteiger partial charge < -0.3 is 15.0 Å². The Balaban J connectivity index is 2.20. The number of carboxylic acid groups (broad SMARTS) is 1. The largest absolute Gasteiger partial charge is 0.481 e. The number of nitrogens with one attached hydrogen (secondary N) is 1. The van der Waals surface area contributed by atoms with Crippen molar-refractivity contribution in [2.45, 2.75) is 18.4 Å². The van der Waals surface area contributed by atoms with E-state index in [1.807, 2.05) is 28.8 Å². The Morgan fingerprint density at radius 2 is 2.25 bits per heavy atom. The van der Waals surface area contributed by atoms with Gasteiger partial charge in [-0.3, -0.25) is 4.79 Å². The Morgan fingerprint density at radius 3 is 2.85 bits per heavy atom. The van der Waals surface area contributed by atoms with E-state index >= 15 is 0 Å². The summed E-state index contributed by atoms with van der Waals surface area (Å²) in [6.45, 7) is 1.16. The number of imidazole rings is 1. The first-order valence-electron chi connectivity index (χ1n) is 6.43. The number of benzene rings is 1. The SMILES string of the molecule is N#CCc1nc2ccccc2n1C1(CC(=O)O)CNC1. The second-order valence-corrected chi connectivity index (χ2v) is 5.09. The summed E-state index contributed by atoms with van der Waals surface area (Å²) in [6, 6.07) is 9.70. The van der Waals surface area contributed by atoms with Crippen LogP contribution < -0.4 is 5.32 Å². The van der Waals surface area contributed by atoms with Gasteiger partial charge in [0, 0.05) is 13.1 Å². The fourth-order valence-electron chi connectivity index (χ4n) is 2.85. The fourth-order valence-corrected chi connectivity index (χ4v) is 2.85. The van der Waals surface area contributed by atoms with Gasteiger partial charge in [-0.15, -0.1) is 0 Å². The molecule has 0 radical (unpaired) electrons.